The van der Waals surface area contributed by atoms with Crippen molar-refractivity contribution in [3.63, 3.8) is 0 Å². The minimum atomic E-state index is -0.874. The first-order valence-electron chi connectivity index (χ1n) is 6.40. The van der Waals surface area contributed by atoms with Crippen molar-refractivity contribution in [2.24, 2.45) is 0 Å². The molecule has 1 aromatic rings. The summed E-state index contributed by atoms with van der Waals surface area (Å²) in [4.78, 5) is 15.6. The summed E-state index contributed by atoms with van der Waals surface area (Å²) in [5.41, 5.74) is 0.0190. The Morgan fingerprint density at radius 2 is 2.05 bits per heavy atom. The third kappa shape index (κ3) is 5.05. The first-order chi connectivity index (χ1) is 9.23. The van der Waals surface area contributed by atoms with Crippen LogP contribution in [-0.2, 0) is 4.74 Å². The molecule has 0 aliphatic rings. The summed E-state index contributed by atoms with van der Waals surface area (Å²) in [5.74, 6) is 0.466. The fraction of sp³-hybridized carbons (Fsp3) is 0.571. The number of aliphatic hydroxyl groups is 1. The summed E-state index contributed by atoms with van der Waals surface area (Å²) in [6, 6.07) is 2.85. The molecule has 6 heteroatoms. The van der Waals surface area contributed by atoms with Crippen molar-refractivity contribution in [3.8, 4) is 5.88 Å². The number of carbonyl (C=O) groups excluding carboxylic acids is 1. The molecule has 2 unspecified atom stereocenters. The Morgan fingerprint density at radius 3 is 2.50 bits per heavy atom. The third-order valence-electron chi connectivity index (χ3n) is 2.53. The van der Waals surface area contributed by atoms with Crippen LogP contribution < -0.4 is 10.1 Å². The summed E-state index contributed by atoms with van der Waals surface area (Å²) in [7, 11) is 1.52. The van der Waals surface area contributed by atoms with E-state index < -0.39 is 23.8 Å². The molecule has 1 heterocycles. The lowest BCUT2D eigenvalue weighted by Crippen LogP contribution is -2.40. The summed E-state index contributed by atoms with van der Waals surface area (Å²) < 4.78 is 10.1. The van der Waals surface area contributed by atoms with Crippen molar-refractivity contribution < 1.29 is 19.4 Å². The second kappa shape index (κ2) is 6.56. The molecular weight excluding hydrogens is 260 g/mol. The lowest BCUT2D eigenvalue weighted by Gasteiger charge is -2.24. The van der Waals surface area contributed by atoms with Gasteiger partial charge >= 0.3 is 6.09 Å². The predicted octanol–water partition coefficient (Wildman–Crippen LogP) is 2.04. The molecule has 1 rings (SSSR count). The second-order valence-electron chi connectivity index (χ2n) is 5.51. The molecule has 0 radical (unpaired) electrons. The number of aliphatic hydroxyl groups excluding tert-OH is 1. The van der Waals surface area contributed by atoms with Crippen LogP contribution in [0.1, 0.15) is 39.4 Å². The number of nitrogens with zero attached hydrogens (tertiary/aromatic N) is 1. The van der Waals surface area contributed by atoms with E-state index in [2.05, 4.69) is 10.3 Å². The van der Waals surface area contributed by atoms with E-state index in [-0.39, 0.29) is 0 Å². The number of alkyl carbamates (subject to hydrolysis) is 1. The van der Waals surface area contributed by atoms with Crippen LogP contribution in [0.15, 0.2) is 18.3 Å². The summed E-state index contributed by atoms with van der Waals surface area (Å²) in [5, 5.41) is 12.7. The van der Waals surface area contributed by atoms with E-state index in [0.29, 0.717) is 11.4 Å². The standard InChI is InChI=1S/C14H22N2O4/c1-9(16-13(18)20-14(2,3)4)12(17)10-6-7-11(19-5)15-8-10/h6-9,12,17H,1-5H3,(H,16,18). The van der Waals surface area contributed by atoms with Crippen LogP contribution in [0.3, 0.4) is 0 Å². The lowest BCUT2D eigenvalue weighted by molar-refractivity contribution is 0.0435. The molecule has 112 valence electrons. The molecule has 1 amide bonds. The number of pyridine rings is 1. The zero-order valence-corrected chi connectivity index (χ0v) is 12.5. The molecule has 0 aliphatic heterocycles. The van der Waals surface area contributed by atoms with Gasteiger partial charge in [-0.1, -0.05) is 0 Å². The summed E-state index contributed by atoms with van der Waals surface area (Å²) in [6.07, 6.45) is 0.0722. The van der Waals surface area contributed by atoms with Crippen LogP contribution in [-0.4, -0.2) is 34.9 Å². The Hall–Kier alpha value is -1.82. The Bertz CT molecular complexity index is 439. The molecule has 20 heavy (non-hydrogen) atoms. The lowest BCUT2D eigenvalue weighted by atomic mass is 10.1. The first kappa shape index (κ1) is 16.2. The first-order valence-corrected chi connectivity index (χ1v) is 6.40. The van der Waals surface area contributed by atoms with Crippen molar-refractivity contribution in [2.45, 2.75) is 45.4 Å². The van der Waals surface area contributed by atoms with Gasteiger partial charge in [-0.25, -0.2) is 9.78 Å². The number of rotatable bonds is 4. The van der Waals surface area contributed by atoms with Crippen molar-refractivity contribution in [1.82, 2.24) is 10.3 Å². The maximum Gasteiger partial charge on any atom is 0.407 e. The van der Waals surface area contributed by atoms with Gasteiger partial charge in [0.2, 0.25) is 5.88 Å². The van der Waals surface area contributed by atoms with Gasteiger partial charge < -0.3 is 19.9 Å². The van der Waals surface area contributed by atoms with Crippen LogP contribution in [0.4, 0.5) is 4.79 Å². The van der Waals surface area contributed by atoms with E-state index in [4.69, 9.17) is 9.47 Å². The van der Waals surface area contributed by atoms with E-state index in [1.54, 1.807) is 39.8 Å². The number of methoxy groups -OCH3 is 1. The van der Waals surface area contributed by atoms with Crippen molar-refractivity contribution >= 4 is 6.09 Å². The molecule has 2 atom stereocenters. The van der Waals surface area contributed by atoms with Gasteiger partial charge in [0.15, 0.2) is 0 Å². The molecule has 0 spiro atoms. The molecule has 6 nitrogen and oxygen atoms in total. The average Bonchev–Trinajstić information content (AvgIpc) is 2.35. The molecule has 0 saturated heterocycles. The maximum absolute atomic E-state index is 11.6. The Kier molecular flexibility index (Phi) is 5.33. The molecule has 0 saturated carbocycles. The number of carbonyl (C=O) groups is 1. The van der Waals surface area contributed by atoms with Gasteiger partial charge in [0, 0.05) is 17.8 Å². The van der Waals surface area contributed by atoms with E-state index in [1.807, 2.05) is 0 Å². The second-order valence-corrected chi connectivity index (χ2v) is 5.51. The number of nitrogens with one attached hydrogen (secondary N) is 1. The minimum absolute atomic E-state index is 0.466. The molecular formula is C14H22N2O4. The summed E-state index contributed by atoms with van der Waals surface area (Å²) in [6.45, 7) is 7.03. The van der Waals surface area contributed by atoms with Crippen LogP contribution in [0.5, 0.6) is 5.88 Å². The summed E-state index contributed by atoms with van der Waals surface area (Å²) >= 11 is 0. The molecule has 0 aromatic carbocycles. The van der Waals surface area contributed by atoms with Crippen LogP contribution >= 0.6 is 0 Å². The van der Waals surface area contributed by atoms with Gasteiger partial charge in [0.05, 0.1) is 13.2 Å². The van der Waals surface area contributed by atoms with Crippen molar-refractivity contribution in [2.75, 3.05) is 7.11 Å². The normalized spacial score (nSPS) is 14.3. The van der Waals surface area contributed by atoms with Gasteiger partial charge in [-0.05, 0) is 33.8 Å². The molecule has 0 fully saturated rings. The quantitative estimate of drug-likeness (QED) is 0.883. The van der Waals surface area contributed by atoms with Gasteiger partial charge in [-0.3, -0.25) is 0 Å². The fourth-order valence-electron chi connectivity index (χ4n) is 1.55. The van der Waals surface area contributed by atoms with E-state index in [1.165, 1.54) is 13.3 Å². The van der Waals surface area contributed by atoms with Crippen molar-refractivity contribution in [3.05, 3.63) is 23.9 Å². The van der Waals surface area contributed by atoms with Crippen LogP contribution in [0.2, 0.25) is 0 Å². The Labute approximate surface area is 119 Å². The van der Waals surface area contributed by atoms with E-state index in [0.717, 1.165) is 0 Å². The highest BCUT2D eigenvalue weighted by Crippen LogP contribution is 2.18. The topological polar surface area (TPSA) is 80.7 Å². The fourth-order valence-corrected chi connectivity index (χ4v) is 1.55. The number of amides is 1. The zero-order chi connectivity index (χ0) is 15.3. The number of ether oxygens (including phenoxy) is 2. The van der Waals surface area contributed by atoms with Crippen LogP contribution in [0.25, 0.3) is 0 Å². The van der Waals surface area contributed by atoms with Crippen LogP contribution in [0, 0.1) is 0 Å². The number of hydrogen-bond acceptors (Lipinski definition) is 5. The van der Waals surface area contributed by atoms with Gasteiger partial charge in [-0.15, -0.1) is 0 Å². The average molecular weight is 282 g/mol. The highest BCUT2D eigenvalue weighted by Gasteiger charge is 2.22. The molecule has 0 aliphatic carbocycles. The smallest absolute Gasteiger partial charge is 0.407 e. The largest absolute Gasteiger partial charge is 0.481 e. The van der Waals surface area contributed by atoms with Crippen molar-refractivity contribution in [1.29, 1.82) is 0 Å². The van der Waals surface area contributed by atoms with Gasteiger partial charge in [-0.2, -0.15) is 0 Å². The Balaban J connectivity index is 2.61. The van der Waals surface area contributed by atoms with Gasteiger partial charge in [0.25, 0.3) is 0 Å². The minimum Gasteiger partial charge on any atom is -0.481 e. The highest BCUT2D eigenvalue weighted by atomic mass is 16.6. The molecule has 0 bridgehead atoms. The molecule has 1 aromatic heterocycles. The Morgan fingerprint density at radius 1 is 1.40 bits per heavy atom. The monoisotopic (exact) mass is 282 g/mol. The highest BCUT2D eigenvalue weighted by molar-refractivity contribution is 5.68. The predicted molar refractivity (Wildman–Crippen MR) is 74.6 cm³/mol. The number of aromatic nitrogens is 1. The third-order valence-corrected chi connectivity index (χ3v) is 2.53. The van der Waals surface area contributed by atoms with Gasteiger partial charge in [0.1, 0.15) is 11.7 Å². The molecule has 2 N–H and O–H groups in total. The SMILES string of the molecule is COc1ccc(C(O)C(C)NC(=O)OC(C)(C)C)cn1. The number of hydrogen-bond donors (Lipinski definition) is 2. The van der Waals surface area contributed by atoms with E-state index >= 15 is 0 Å². The zero-order valence-electron chi connectivity index (χ0n) is 12.5. The van der Waals surface area contributed by atoms with E-state index in [9.17, 15) is 9.90 Å². The maximum atomic E-state index is 11.6.